The van der Waals surface area contributed by atoms with Crippen LogP contribution in [0, 0.1) is 16.0 Å². The van der Waals surface area contributed by atoms with Crippen molar-refractivity contribution in [3.63, 3.8) is 0 Å². The largest absolute Gasteiger partial charge is 0.315 e. The van der Waals surface area contributed by atoms with Gasteiger partial charge in [0, 0.05) is 30.8 Å². The zero-order valence-electron chi connectivity index (χ0n) is 9.51. The van der Waals surface area contributed by atoms with Gasteiger partial charge in [0.05, 0.1) is 4.92 Å². The zero-order valence-corrected chi connectivity index (χ0v) is 9.51. The van der Waals surface area contributed by atoms with Crippen LogP contribution in [0.3, 0.4) is 0 Å². The van der Waals surface area contributed by atoms with E-state index in [9.17, 15) is 14.9 Å². The van der Waals surface area contributed by atoms with Gasteiger partial charge in [0.2, 0.25) is 5.91 Å². The van der Waals surface area contributed by atoms with Gasteiger partial charge in [-0.25, -0.2) is 0 Å². The number of nitrogens with zero attached hydrogens (tertiary/aromatic N) is 2. The van der Waals surface area contributed by atoms with E-state index in [1.807, 2.05) is 13.8 Å². The molecule has 0 aliphatic rings. The van der Waals surface area contributed by atoms with E-state index in [2.05, 4.69) is 0 Å². The molecule has 0 atom stereocenters. The van der Waals surface area contributed by atoms with Crippen molar-refractivity contribution in [2.75, 3.05) is 11.9 Å². The summed E-state index contributed by atoms with van der Waals surface area (Å²) in [6.07, 6.45) is 0. The van der Waals surface area contributed by atoms with Crippen molar-refractivity contribution < 1.29 is 9.72 Å². The van der Waals surface area contributed by atoms with Crippen LogP contribution in [0.5, 0.6) is 0 Å². The first kappa shape index (κ1) is 12.2. The molecule has 0 saturated heterocycles. The quantitative estimate of drug-likeness (QED) is 0.581. The van der Waals surface area contributed by atoms with Crippen molar-refractivity contribution in [3.8, 4) is 0 Å². The van der Waals surface area contributed by atoms with Gasteiger partial charge in [-0.2, -0.15) is 0 Å². The van der Waals surface area contributed by atoms with Gasteiger partial charge >= 0.3 is 0 Å². The summed E-state index contributed by atoms with van der Waals surface area (Å²) in [5.41, 5.74) is 0.679. The second kappa shape index (κ2) is 4.74. The molecular formula is C11H14N2O3. The molecule has 0 heterocycles. The molecule has 0 unspecified atom stereocenters. The maximum absolute atomic E-state index is 11.7. The highest BCUT2D eigenvalue weighted by molar-refractivity contribution is 5.94. The van der Waals surface area contributed by atoms with Crippen LogP contribution in [0.2, 0.25) is 0 Å². The van der Waals surface area contributed by atoms with Gasteiger partial charge in [-0.15, -0.1) is 0 Å². The van der Waals surface area contributed by atoms with E-state index in [1.54, 1.807) is 19.2 Å². The maximum Gasteiger partial charge on any atom is 0.269 e. The van der Waals surface area contributed by atoms with E-state index < -0.39 is 4.92 Å². The summed E-state index contributed by atoms with van der Waals surface area (Å²) >= 11 is 0. The van der Waals surface area contributed by atoms with E-state index in [-0.39, 0.29) is 17.5 Å². The lowest BCUT2D eigenvalue weighted by atomic mass is 10.2. The molecule has 1 amide bonds. The molecule has 0 fully saturated rings. The van der Waals surface area contributed by atoms with Crippen LogP contribution in [0.25, 0.3) is 0 Å². The average Bonchev–Trinajstić information content (AvgIpc) is 2.27. The fraction of sp³-hybridized carbons (Fsp3) is 0.364. The van der Waals surface area contributed by atoms with Gasteiger partial charge in [-0.1, -0.05) is 13.8 Å². The Morgan fingerprint density at radius 1 is 1.31 bits per heavy atom. The van der Waals surface area contributed by atoms with Crippen LogP contribution in [0.4, 0.5) is 11.4 Å². The van der Waals surface area contributed by atoms with E-state index in [0.29, 0.717) is 5.69 Å². The molecule has 16 heavy (non-hydrogen) atoms. The lowest BCUT2D eigenvalue weighted by Gasteiger charge is -2.19. The third kappa shape index (κ3) is 2.56. The highest BCUT2D eigenvalue weighted by Gasteiger charge is 2.15. The fourth-order valence-corrected chi connectivity index (χ4v) is 1.31. The Kier molecular flexibility index (Phi) is 3.60. The number of hydrogen-bond acceptors (Lipinski definition) is 3. The van der Waals surface area contributed by atoms with Gasteiger partial charge in [-0.3, -0.25) is 14.9 Å². The first-order valence-electron chi connectivity index (χ1n) is 4.95. The Bertz CT molecular complexity index is 398. The number of non-ortho nitro benzene ring substituents is 1. The Balaban J connectivity index is 2.89. The summed E-state index contributed by atoms with van der Waals surface area (Å²) in [5.74, 6) is -0.117. The van der Waals surface area contributed by atoms with Crippen LogP contribution in [0.1, 0.15) is 13.8 Å². The summed E-state index contributed by atoms with van der Waals surface area (Å²) in [6, 6.07) is 5.91. The Morgan fingerprint density at radius 3 is 2.19 bits per heavy atom. The van der Waals surface area contributed by atoms with E-state index in [1.165, 1.54) is 17.0 Å². The van der Waals surface area contributed by atoms with E-state index in [4.69, 9.17) is 0 Å². The molecule has 0 aromatic heterocycles. The topological polar surface area (TPSA) is 63.5 Å². The van der Waals surface area contributed by atoms with Gasteiger partial charge < -0.3 is 4.90 Å². The zero-order chi connectivity index (χ0) is 12.3. The number of nitro benzene ring substituents is 1. The normalized spacial score (nSPS) is 10.2. The molecule has 5 heteroatoms. The van der Waals surface area contributed by atoms with E-state index in [0.717, 1.165) is 0 Å². The summed E-state index contributed by atoms with van der Waals surface area (Å²) in [5, 5.41) is 10.4. The number of hydrogen-bond donors (Lipinski definition) is 0. The number of carbonyl (C=O) groups excluding carboxylic acids is 1. The number of nitro groups is 1. The van der Waals surface area contributed by atoms with Crippen LogP contribution in [0.15, 0.2) is 24.3 Å². The predicted octanol–water partition coefficient (Wildman–Crippen LogP) is 2.21. The second-order valence-corrected chi connectivity index (χ2v) is 3.83. The highest BCUT2D eigenvalue weighted by Crippen LogP contribution is 2.19. The van der Waals surface area contributed by atoms with Crippen LogP contribution in [-0.2, 0) is 4.79 Å². The third-order valence-electron chi connectivity index (χ3n) is 2.27. The minimum atomic E-state index is -0.464. The lowest BCUT2D eigenvalue weighted by Crippen LogP contribution is -2.30. The van der Waals surface area contributed by atoms with Gasteiger partial charge in [0.25, 0.3) is 5.69 Å². The fourth-order valence-electron chi connectivity index (χ4n) is 1.31. The Hall–Kier alpha value is -1.91. The molecule has 5 nitrogen and oxygen atoms in total. The van der Waals surface area contributed by atoms with Crippen molar-refractivity contribution >= 4 is 17.3 Å². The van der Waals surface area contributed by atoms with Gasteiger partial charge in [0.15, 0.2) is 0 Å². The van der Waals surface area contributed by atoms with E-state index >= 15 is 0 Å². The summed E-state index contributed by atoms with van der Waals surface area (Å²) < 4.78 is 0. The lowest BCUT2D eigenvalue weighted by molar-refractivity contribution is -0.384. The monoisotopic (exact) mass is 222 g/mol. The summed E-state index contributed by atoms with van der Waals surface area (Å²) in [6.45, 7) is 3.62. The number of amides is 1. The summed E-state index contributed by atoms with van der Waals surface area (Å²) in [4.78, 5) is 23.1. The van der Waals surface area contributed by atoms with Crippen LogP contribution in [-0.4, -0.2) is 17.9 Å². The van der Waals surface area contributed by atoms with Gasteiger partial charge in [-0.05, 0) is 12.1 Å². The number of benzene rings is 1. The molecule has 86 valence electrons. The molecule has 0 aliphatic heterocycles. The van der Waals surface area contributed by atoms with Crippen molar-refractivity contribution in [2.45, 2.75) is 13.8 Å². The first-order chi connectivity index (χ1) is 7.43. The van der Waals surface area contributed by atoms with Crippen LogP contribution < -0.4 is 4.90 Å². The molecular weight excluding hydrogens is 208 g/mol. The highest BCUT2D eigenvalue weighted by atomic mass is 16.6. The molecule has 0 aliphatic carbocycles. The molecule has 0 radical (unpaired) electrons. The van der Waals surface area contributed by atoms with Gasteiger partial charge in [0.1, 0.15) is 0 Å². The number of anilines is 1. The molecule has 0 spiro atoms. The number of carbonyl (C=O) groups is 1. The smallest absolute Gasteiger partial charge is 0.269 e. The molecule has 0 saturated carbocycles. The maximum atomic E-state index is 11.7. The SMILES string of the molecule is CC(C)C(=O)N(C)c1ccc([N+](=O)[O-])cc1. The average molecular weight is 222 g/mol. The molecule has 1 aromatic rings. The predicted molar refractivity (Wildman–Crippen MR) is 61.3 cm³/mol. The minimum Gasteiger partial charge on any atom is -0.315 e. The molecule has 0 N–H and O–H groups in total. The van der Waals surface area contributed by atoms with Crippen molar-refractivity contribution in [1.29, 1.82) is 0 Å². The van der Waals surface area contributed by atoms with Crippen molar-refractivity contribution in [2.24, 2.45) is 5.92 Å². The molecule has 1 rings (SSSR count). The minimum absolute atomic E-state index is 0.0196. The Morgan fingerprint density at radius 2 is 1.81 bits per heavy atom. The Labute approximate surface area is 93.8 Å². The third-order valence-corrected chi connectivity index (χ3v) is 2.27. The molecule has 1 aromatic carbocycles. The van der Waals surface area contributed by atoms with Crippen LogP contribution >= 0.6 is 0 Å². The molecule has 0 bridgehead atoms. The standard InChI is InChI=1S/C11H14N2O3/c1-8(2)11(14)12(3)9-4-6-10(7-5-9)13(15)16/h4-8H,1-3H3. The van der Waals surface area contributed by atoms with Crippen molar-refractivity contribution in [3.05, 3.63) is 34.4 Å². The second-order valence-electron chi connectivity index (χ2n) is 3.83. The first-order valence-corrected chi connectivity index (χ1v) is 4.95. The van der Waals surface area contributed by atoms with Crippen molar-refractivity contribution in [1.82, 2.24) is 0 Å². The number of rotatable bonds is 3. The summed E-state index contributed by atoms with van der Waals surface area (Å²) in [7, 11) is 1.66.